The summed E-state index contributed by atoms with van der Waals surface area (Å²) in [4.78, 5) is 2.74. The van der Waals surface area contributed by atoms with Crippen LogP contribution < -0.4 is 5.32 Å². The highest BCUT2D eigenvalue weighted by molar-refractivity contribution is 4.96. The molecule has 0 aromatic rings. The summed E-state index contributed by atoms with van der Waals surface area (Å²) in [6, 6.07) is 2.32. The van der Waals surface area contributed by atoms with Gasteiger partial charge in [-0.15, -0.1) is 0 Å². The Bertz CT molecular complexity index is 268. The summed E-state index contributed by atoms with van der Waals surface area (Å²) in [5, 5.41) is 3.82. The van der Waals surface area contributed by atoms with E-state index in [9.17, 15) is 0 Å². The molecule has 0 heterocycles. The van der Waals surface area contributed by atoms with Crippen molar-refractivity contribution in [2.45, 2.75) is 90.3 Å². The third kappa shape index (κ3) is 3.95. The van der Waals surface area contributed by atoms with Gasteiger partial charge >= 0.3 is 0 Å². The minimum Gasteiger partial charge on any atom is -0.312 e. The first-order valence-electron chi connectivity index (χ1n) is 8.49. The highest BCUT2D eigenvalue weighted by Crippen LogP contribution is 2.39. The van der Waals surface area contributed by atoms with E-state index in [0.717, 1.165) is 18.1 Å². The van der Waals surface area contributed by atoms with Gasteiger partial charge in [0.05, 0.1) is 0 Å². The predicted molar refractivity (Wildman–Crippen MR) is 83.5 cm³/mol. The van der Waals surface area contributed by atoms with Crippen LogP contribution in [-0.4, -0.2) is 36.6 Å². The van der Waals surface area contributed by atoms with Gasteiger partial charge in [-0.05, 0) is 57.5 Å². The molecule has 2 fully saturated rings. The Morgan fingerprint density at radius 3 is 2.47 bits per heavy atom. The van der Waals surface area contributed by atoms with E-state index in [1.165, 1.54) is 57.9 Å². The predicted octanol–water partition coefficient (Wildman–Crippen LogP) is 3.81. The van der Waals surface area contributed by atoms with Crippen molar-refractivity contribution in [3.8, 4) is 0 Å². The maximum absolute atomic E-state index is 3.82. The Morgan fingerprint density at radius 1 is 1.16 bits per heavy atom. The second-order valence-electron chi connectivity index (χ2n) is 7.64. The van der Waals surface area contributed by atoms with Crippen LogP contribution in [0.5, 0.6) is 0 Å². The van der Waals surface area contributed by atoms with Crippen molar-refractivity contribution >= 4 is 0 Å². The Kier molecular flexibility index (Phi) is 5.30. The summed E-state index contributed by atoms with van der Waals surface area (Å²) >= 11 is 0. The molecule has 0 saturated heterocycles. The monoisotopic (exact) mass is 266 g/mol. The number of hydrogen-bond acceptors (Lipinski definition) is 2. The number of likely N-dealkylation sites (N-methyl/N-ethyl adjacent to an activating group) is 1. The second kappa shape index (κ2) is 6.58. The van der Waals surface area contributed by atoms with Gasteiger partial charge in [0.2, 0.25) is 0 Å². The molecular formula is C17H34N2. The molecule has 2 heteroatoms. The zero-order valence-corrected chi connectivity index (χ0v) is 13.5. The first-order chi connectivity index (χ1) is 9.03. The lowest BCUT2D eigenvalue weighted by molar-refractivity contribution is 0.0563. The molecule has 2 saturated carbocycles. The van der Waals surface area contributed by atoms with Crippen molar-refractivity contribution in [2.75, 3.05) is 13.6 Å². The van der Waals surface area contributed by atoms with Crippen LogP contribution in [-0.2, 0) is 0 Å². The highest BCUT2D eigenvalue weighted by atomic mass is 15.2. The molecule has 2 aliphatic carbocycles. The molecular weight excluding hydrogens is 232 g/mol. The van der Waals surface area contributed by atoms with Crippen molar-refractivity contribution in [3.05, 3.63) is 0 Å². The molecule has 2 aliphatic rings. The van der Waals surface area contributed by atoms with E-state index >= 15 is 0 Å². The fourth-order valence-electron chi connectivity index (χ4n) is 4.13. The molecule has 1 N–H and O–H groups in total. The third-order valence-electron chi connectivity index (χ3n) is 5.44. The van der Waals surface area contributed by atoms with E-state index in [1.807, 2.05) is 0 Å². The largest absolute Gasteiger partial charge is 0.312 e. The molecule has 0 aliphatic heterocycles. The van der Waals surface area contributed by atoms with Gasteiger partial charge in [-0.2, -0.15) is 0 Å². The summed E-state index contributed by atoms with van der Waals surface area (Å²) in [6.07, 6.45) is 11.1. The summed E-state index contributed by atoms with van der Waals surface area (Å²) < 4.78 is 0. The van der Waals surface area contributed by atoms with Crippen molar-refractivity contribution in [2.24, 2.45) is 5.41 Å². The summed E-state index contributed by atoms with van der Waals surface area (Å²) in [6.45, 7) is 8.37. The molecule has 2 nitrogen and oxygen atoms in total. The molecule has 0 spiro atoms. The van der Waals surface area contributed by atoms with Crippen LogP contribution in [0.15, 0.2) is 0 Å². The third-order valence-corrected chi connectivity index (χ3v) is 5.44. The van der Waals surface area contributed by atoms with E-state index in [2.05, 4.69) is 38.0 Å². The van der Waals surface area contributed by atoms with Gasteiger partial charge in [0.1, 0.15) is 0 Å². The number of rotatable bonds is 5. The Morgan fingerprint density at radius 2 is 1.84 bits per heavy atom. The fraction of sp³-hybridized carbons (Fsp3) is 1.00. The molecule has 112 valence electrons. The zero-order chi connectivity index (χ0) is 13.9. The van der Waals surface area contributed by atoms with Crippen molar-refractivity contribution in [1.82, 2.24) is 10.2 Å². The molecule has 0 aromatic heterocycles. The van der Waals surface area contributed by atoms with Crippen LogP contribution in [0.3, 0.4) is 0 Å². The first kappa shape index (κ1) is 15.3. The molecule has 0 amide bonds. The maximum atomic E-state index is 3.82. The smallest absolute Gasteiger partial charge is 0.0254 e. The van der Waals surface area contributed by atoms with E-state index in [-0.39, 0.29) is 0 Å². The number of nitrogens with one attached hydrogen (secondary N) is 1. The van der Waals surface area contributed by atoms with Crippen molar-refractivity contribution in [3.63, 3.8) is 0 Å². The quantitative estimate of drug-likeness (QED) is 0.814. The van der Waals surface area contributed by atoms with Gasteiger partial charge < -0.3 is 5.32 Å². The van der Waals surface area contributed by atoms with Crippen molar-refractivity contribution < 1.29 is 0 Å². The van der Waals surface area contributed by atoms with Gasteiger partial charge in [0, 0.05) is 18.1 Å². The summed E-state index contributed by atoms with van der Waals surface area (Å²) in [7, 11) is 2.39. The van der Waals surface area contributed by atoms with Crippen LogP contribution in [0.1, 0.15) is 72.1 Å². The zero-order valence-electron chi connectivity index (χ0n) is 13.5. The number of nitrogens with zero attached hydrogens (tertiary/aromatic N) is 1. The van der Waals surface area contributed by atoms with E-state index < -0.39 is 0 Å². The summed E-state index contributed by atoms with van der Waals surface area (Å²) in [5.41, 5.74) is 0.530. The fourth-order valence-corrected chi connectivity index (χ4v) is 4.13. The Hall–Kier alpha value is -0.0800. The topological polar surface area (TPSA) is 15.3 Å². The molecule has 2 rings (SSSR count). The first-order valence-corrected chi connectivity index (χ1v) is 8.49. The molecule has 19 heavy (non-hydrogen) atoms. The lowest BCUT2D eigenvalue weighted by atomic mass is 9.72. The summed E-state index contributed by atoms with van der Waals surface area (Å²) in [5.74, 6) is 0. The van der Waals surface area contributed by atoms with Crippen LogP contribution in [0.4, 0.5) is 0 Å². The van der Waals surface area contributed by atoms with Gasteiger partial charge in [0.15, 0.2) is 0 Å². The van der Waals surface area contributed by atoms with Crippen LogP contribution in [0, 0.1) is 5.41 Å². The maximum Gasteiger partial charge on any atom is 0.0254 e. The molecule has 0 aromatic carbocycles. The lowest BCUT2D eigenvalue weighted by Gasteiger charge is -2.47. The molecule has 2 atom stereocenters. The average molecular weight is 266 g/mol. The Balaban J connectivity index is 2.01. The highest BCUT2D eigenvalue weighted by Gasteiger charge is 2.38. The van der Waals surface area contributed by atoms with Crippen molar-refractivity contribution in [1.29, 1.82) is 0 Å². The van der Waals surface area contributed by atoms with Gasteiger partial charge in [-0.1, -0.05) is 33.6 Å². The van der Waals surface area contributed by atoms with Crippen LogP contribution >= 0.6 is 0 Å². The van der Waals surface area contributed by atoms with Gasteiger partial charge in [-0.3, -0.25) is 4.90 Å². The van der Waals surface area contributed by atoms with E-state index in [0.29, 0.717) is 5.41 Å². The molecule has 2 unspecified atom stereocenters. The van der Waals surface area contributed by atoms with Gasteiger partial charge in [-0.25, -0.2) is 0 Å². The van der Waals surface area contributed by atoms with Crippen LogP contribution in [0.2, 0.25) is 0 Å². The second-order valence-corrected chi connectivity index (χ2v) is 7.64. The van der Waals surface area contributed by atoms with Crippen LogP contribution in [0.25, 0.3) is 0 Å². The minimum absolute atomic E-state index is 0.530. The minimum atomic E-state index is 0.530. The lowest BCUT2D eigenvalue weighted by Crippen LogP contribution is -2.55. The van der Waals surface area contributed by atoms with Gasteiger partial charge in [0.25, 0.3) is 0 Å². The molecule has 0 radical (unpaired) electrons. The Labute approximate surface area is 120 Å². The number of hydrogen-bond donors (Lipinski definition) is 1. The average Bonchev–Trinajstić information content (AvgIpc) is 2.89. The molecule has 0 bridgehead atoms. The van der Waals surface area contributed by atoms with E-state index in [4.69, 9.17) is 0 Å². The standard InChI is InChI=1S/C17H34N2/c1-5-12-18-15-10-11-17(2,3)13-16(15)19(4)14-8-6-7-9-14/h14-16,18H,5-13H2,1-4H3. The SMILES string of the molecule is CCCNC1CCC(C)(C)CC1N(C)C1CCCC1. The normalized spacial score (nSPS) is 32.1. The van der Waals surface area contributed by atoms with E-state index in [1.54, 1.807) is 0 Å².